The monoisotopic (exact) mass is 362 g/mol. The number of amides is 1. The lowest BCUT2D eigenvalue weighted by molar-refractivity contribution is -0.892. The molecular weight excluding hydrogens is 338 g/mol. The smallest absolute Gasteiger partial charge is 0.275 e. The number of quaternary nitrogens is 1. The summed E-state index contributed by atoms with van der Waals surface area (Å²) in [5, 5.41) is 3.77. The van der Waals surface area contributed by atoms with Crippen molar-refractivity contribution in [3.63, 3.8) is 0 Å². The minimum absolute atomic E-state index is 0.0614. The second-order valence-corrected chi connectivity index (χ2v) is 7.09. The molecule has 0 radical (unpaired) electrons. The Morgan fingerprint density at radius 2 is 2.12 bits per heavy atom. The molecule has 3 rings (SSSR count). The first-order valence-corrected chi connectivity index (χ1v) is 9.08. The molecule has 1 fully saturated rings. The number of carbonyl (C=O) groups excluding carboxylic acids is 1. The molecule has 1 atom stereocenters. The normalized spacial score (nSPS) is 16.7. The first kappa shape index (κ1) is 17.8. The maximum absolute atomic E-state index is 12.3. The number of furan rings is 1. The summed E-state index contributed by atoms with van der Waals surface area (Å²) in [6.07, 6.45) is 1.63. The highest BCUT2D eigenvalue weighted by atomic mass is 35.5. The van der Waals surface area contributed by atoms with Crippen molar-refractivity contribution in [3.05, 3.63) is 52.9 Å². The molecule has 2 aromatic rings. The molecule has 0 unspecified atom stereocenters. The van der Waals surface area contributed by atoms with Gasteiger partial charge in [-0.3, -0.25) is 4.79 Å². The fourth-order valence-electron chi connectivity index (χ4n) is 3.29. The maximum Gasteiger partial charge on any atom is 0.275 e. The zero-order chi connectivity index (χ0) is 17.8. The largest absolute Gasteiger partial charge is 0.467 e. The first-order valence-electron chi connectivity index (χ1n) is 8.70. The molecule has 1 aromatic carbocycles. The molecule has 2 heterocycles. The van der Waals surface area contributed by atoms with Crippen LogP contribution in [0.1, 0.15) is 24.3 Å². The predicted molar refractivity (Wildman–Crippen MR) is 99.2 cm³/mol. The fourth-order valence-corrected chi connectivity index (χ4v) is 3.46. The molecule has 0 spiro atoms. The topological polar surface area (TPSA) is 49.9 Å². The van der Waals surface area contributed by atoms with E-state index in [9.17, 15) is 4.79 Å². The number of nitrogens with one attached hydrogen (secondary N) is 2. The van der Waals surface area contributed by atoms with Crippen LogP contribution in [-0.2, 0) is 4.79 Å². The maximum atomic E-state index is 12.3. The molecule has 1 aromatic heterocycles. The summed E-state index contributed by atoms with van der Waals surface area (Å²) in [6, 6.07) is 9.62. The van der Waals surface area contributed by atoms with Crippen molar-refractivity contribution < 1.29 is 14.1 Å². The highest BCUT2D eigenvalue weighted by Crippen LogP contribution is 2.24. The molecule has 2 N–H and O–H groups in total. The second-order valence-electron chi connectivity index (χ2n) is 6.65. The average Bonchev–Trinajstić information content (AvgIpc) is 3.12. The minimum atomic E-state index is -0.0997. The second kappa shape index (κ2) is 7.93. The minimum Gasteiger partial charge on any atom is -0.467 e. The van der Waals surface area contributed by atoms with E-state index in [4.69, 9.17) is 16.0 Å². The Labute approximate surface area is 153 Å². The van der Waals surface area contributed by atoms with Crippen molar-refractivity contribution >= 4 is 23.2 Å². The van der Waals surface area contributed by atoms with Crippen LogP contribution in [0.15, 0.2) is 41.0 Å². The Morgan fingerprint density at radius 3 is 2.80 bits per heavy atom. The molecule has 5 nitrogen and oxygen atoms in total. The van der Waals surface area contributed by atoms with Crippen molar-refractivity contribution in [1.29, 1.82) is 0 Å². The van der Waals surface area contributed by atoms with Gasteiger partial charge in [-0.05, 0) is 43.7 Å². The average molecular weight is 363 g/mol. The number of hydrogen-bond acceptors (Lipinski definition) is 3. The molecule has 0 bridgehead atoms. The number of halogens is 1. The van der Waals surface area contributed by atoms with E-state index >= 15 is 0 Å². The molecule has 1 amide bonds. The van der Waals surface area contributed by atoms with E-state index in [-0.39, 0.29) is 11.9 Å². The SMILES string of the molecule is Cc1ccc(Cl)cc1N1CC[NH+](CC(=O)N[C@@H](C)c2ccco2)CC1. The van der Waals surface area contributed by atoms with Crippen LogP contribution in [0.5, 0.6) is 0 Å². The molecule has 1 aliphatic heterocycles. The van der Waals surface area contributed by atoms with Crippen LogP contribution in [0.25, 0.3) is 0 Å². The van der Waals surface area contributed by atoms with Crippen LogP contribution >= 0.6 is 11.6 Å². The van der Waals surface area contributed by atoms with Crippen molar-refractivity contribution in [1.82, 2.24) is 5.32 Å². The number of anilines is 1. The van der Waals surface area contributed by atoms with Crippen LogP contribution in [-0.4, -0.2) is 38.6 Å². The third-order valence-corrected chi connectivity index (χ3v) is 4.98. The number of piperazine rings is 1. The molecular formula is C19H25ClN3O2+. The third kappa shape index (κ3) is 4.55. The lowest BCUT2D eigenvalue weighted by Crippen LogP contribution is -3.16. The van der Waals surface area contributed by atoms with Gasteiger partial charge in [0, 0.05) is 10.7 Å². The lowest BCUT2D eigenvalue weighted by Gasteiger charge is -2.34. The third-order valence-electron chi connectivity index (χ3n) is 4.74. The van der Waals surface area contributed by atoms with Gasteiger partial charge in [0.05, 0.1) is 38.5 Å². The van der Waals surface area contributed by atoms with Gasteiger partial charge in [-0.25, -0.2) is 0 Å². The standard InChI is InChI=1S/C19H24ClN3O2/c1-14-5-6-16(20)12-17(14)23-9-7-22(8-10-23)13-19(24)21-15(2)18-4-3-11-25-18/h3-6,11-12,15H,7-10,13H2,1-2H3,(H,21,24)/p+1/t15-/m0/s1. The van der Waals surface area contributed by atoms with Gasteiger partial charge in [0.15, 0.2) is 6.54 Å². The van der Waals surface area contributed by atoms with Crippen molar-refractivity contribution in [2.75, 3.05) is 37.6 Å². The molecule has 0 aliphatic carbocycles. The summed E-state index contributed by atoms with van der Waals surface area (Å²) in [7, 11) is 0. The van der Waals surface area contributed by atoms with Crippen LogP contribution in [0.2, 0.25) is 5.02 Å². The number of hydrogen-bond donors (Lipinski definition) is 2. The molecule has 0 saturated carbocycles. The number of nitrogens with zero attached hydrogens (tertiary/aromatic N) is 1. The van der Waals surface area contributed by atoms with Crippen LogP contribution in [0, 0.1) is 6.92 Å². The highest BCUT2D eigenvalue weighted by Gasteiger charge is 2.24. The number of rotatable bonds is 5. The highest BCUT2D eigenvalue weighted by molar-refractivity contribution is 6.30. The predicted octanol–water partition coefficient (Wildman–Crippen LogP) is 1.82. The number of carbonyl (C=O) groups is 1. The summed E-state index contributed by atoms with van der Waals surface area (Å²) in [6.45, 7) is 8.27. The van der Waals surface area contributed by atoms with Crippen LogP contribution < -0.4 is 15.1 Å². The molecule has 1 saturated heterocycles. The van der Waals surface area contributed by atoms with Crippen LogP contribution in [0.3, 0.4) is 0 Å². The zero-order valence-corrected chi connectivity index (χ0v) is 15.5. The molecule has 25 heavy (non-hydrogen) atoms. The lowest BCUT2D eigenvalue weighted by atomic mass is 10.1. The van der Waals surface area contributed by atoms with Gasteiger partial charge in [-0.2, -0.15) is 0 Å². The van der Waals surface area contributed by atoms with E-state index in [0.717, 1.165) is 37.0 Å². The van der Waals surface area contributed by atoms with Gasteiger partial charge in [0.2, 0.25) is 0 Å². The Bertz CT molecular complexity index is 709. The van der Waals surface area contributed by atoms with Crippen LogP contribution in [0.4, 0.5) is 5.69 Å². The van der Waals surface area contributed by atoms with Gasteiger partial charge < -0.3 is 19.5 Å². The van der Waals surface area contributed by atoms with E-state index in [0.29, 0.717) is 6.54 Å². The van der Waals surface area contributed by atoms with E-state index in [1.807, 2.05) is 31.2 Å². The molecule has 1 aliphatic rings. The number of aryl methyl sites for hydroxylation is 1. The van der Waals surface area contributed by atoms with E-state index in [1.165, 1.54) is 16.2 Å². The van der Waals surface area contributed by atoms with Gasteiger partial charge in [-0.15, -0.1) is 0 Å². The summed E-state index contributed by atoms with van der Waals surface area (Å²) >= 11 is 6.13. The Morgan fingerprint density at radius 1 is 1.36 bits per heavy atom. The van der Waals surface area contributed by atoms with Crippen molar-refractivity contribution in [2.24, 2.45) is 0 Å². The van der Waals surface area contributed by atoms with Gasteiger partial charge in [0.25, 0.3) is 5.91 Å². The van der Waals surface area contributed by atoms with Crippen molar-refractivity contribution in [3.8, 4) is 0 Å². The molecule has 6 heteroatoms. The molecule has 134 valence electrons. The summed E-state index contributed by atoms with van der Waals surface area (Å²) in [5.74, 6) is 0.843. The van der Waals surface area contributed by atoms with E-state index < -0.39 is 0 Å². The quantitative estimate of drug-likeness (QED) is 0.853. The number of benzene rings is 1. The Hall–Kier alpha value is -1.98. The summed E-state index contributed by atoms with van der Waals surface area (Å²) in [5.41, 5.74) is 2.43. The van der Waals surface area contributed by atoms with E-state index in [1.54, 1.807) is 6.26 Å². The Balaban J connectivity index is 1.49. The zero-order valence-electron chi connectivity index (χ0n) is 14.7. The summed E-state index contributed by atoms with van der Waals surface area (Å²) < 4.78 is 5.33. The van der Waals surface area contributed by atoms with Gasteiger partial charge >= 0.3 is 0 Å². The van der Waals surface area contributed by atoms with Gasteiger partial charge in [0.1, 0.15) is 5.76 Å². The van der Waals surface area contributed by atoms with Crippen molar-refractivity contribution in [2.45, 2.75) is 19.9 Å². The first-order chi connectivity index (χ1) is 12.0. The van der Waals surface area contributed by atoms with E-state index in [2.05, 4.69) is 23.2 Å². The summed E-state index contributed by atoms with van der Waals surface area (Å²) in [4.78, 5) is 15.9. The fraction of sp³-hybridized carbons (Fsp3) is 0.421. The van der Waals surface area contributed by atoms with Gasteiger partial charge in [-0.1, -0.05) is 17.7 Å². The Kier molecular flexibility index (Phi) is 5.66.